The van der Waals surface area contributed by atoms with Crippen molar-refractivity contribution in [3.63, 3.8) is 0 Å². The van der Waals surface area contributed by atoms with Crippen LogP contribution in [0.5, 0.6) is 0 Å². The smallest absolute Gasteiger partial charge is 0.326 e. The van der Waals surface area contributed by atoms with Crippen LogP contribution in [0.2, 0.25) is 0 Å². The lowest BCUT2D eigenvalue weighted by Crippen LogP contribution is -2.18. The summed E-state index contributed by atoms with van der Waals surface area (Å²) in [7, 11) is 0. The number of carbonyl (C=O) groups is 1. The number of hydrogen-bond donors (Lipinski definition) is 0. The molecule has 0 spiro atoms. The molecule has 0 atom stereocenters. The summed E-state index contributed by atoms with van der Waals surface area (Å²) in [5, 5.41) is 2.17. The third kappa shape index (κ3) is 3.10. The largest absolute Gasteiger partial charge is 0.459 e. The van der Waals surface area contributed by atoms with Crippen molar-refractivity contribution in [2.75, 3.05) is 0 Å². The van der Waals surface area contributed by atoms with Crippen LogP contribution >= 0.6 is 0 Å². The van der Waals surface area contributed by atoms with Gasteiger partial charge in [-0.1, -0.05) is 48.5 Å². The third-order valence-electron chi connectivity index (χ3n) is 5.27. The SMILES string of the molecule is O=C(Cn1c2ccccc2c(=O)c2ccccc21)OCc1cccc2cccnc12. The standard InChI is InChI=1S/C25H18N2O3/c28-23(30-16-18-8-5-7-17-9-6-14-26-24(17)18)15-27-21-12-3-1-10-19(21)25(29)20-11-2-4-13-22(20)27/h1-14H,15-16H2. The summed E-state index contributed by atoms with van der Waals surface area (Å²) < 4.78 is 7.43. The molecule has 0 saturated heterocycles. The molecular weight excluding hydrogens is 376 g/mol. The molecule has 3 aromatic carbocycles. The zero-order valence-corrected chi connectivity index (χ0v) is 16.1. The van der Waals surface area contributed by atoms with Crippen LogP contribution < -0.4 is 5.43 Å². The Morgan fingerprint density at radius 3 is 2.23 bits per heavy atom. The number of rotatable bonds is 4. The number of para-hydroxylation sites is 3. The Balaban J connectivity index is 1.49. The normalized spacial score (nSPS) is 11.2. The quantitative estimate of drug-likeness (QED) is 0.334. The van der Waals surface area contributed by atoms with Crippen LogP contribution in [0.3, 0.4) is 0 Å². The minimum atomic E-state index is -0.373. The van der Waals surface area contributed by atoms with Gasteiger partial charge in [-0.05, 0) is 30.3 Å². The van der Waals surface area contributed by atoms with Gasteiger partial charge in [-0.25, -0.2) is 0 Å². The first-order valence-electron chi connectivity index (χ1n) is 9.71. The maximum absolute atomic E-state index is 12.8. The van der Waals surface area contributed by atoms with Crippen LogP contribution in [0.1, 0.15) is 5.56 Å². The molecule has 0 bridgehead atoms. The van der Waals surface area contributed by atoms with Crippen molar-refractivity contribution in [3.05, 3.63) is 101 Å². The lowest BCUT2D eigenvalue weighted by Gasteiger charge is -2.15. The molecule has 2 heterocycles. The molecule has 0 radical (unpaired) electrons. The van der Waals surface area contributed by atoms with Crippen LogP contribution in [0, 0.1) is 0 Å². The predicted octanol–water partition coefficient (Wildman–Crippen LogP) is 4.45. The summed E-state index contributed by atoms with van der Waals surface area (Å²) in [6.07, 6.45) is 1.73. The highest BCUT2D eigenvalue weighted by molar-refractivity contribution is 5.94. The molecule has 2 aromatic heterocycles. The maximum Gasteiger partial charge on any atom is 0.326 e. The fraction of sp³-hybridized carbons (Fsp3) is 0.0800. The third-order valence-corrected chi connectivity index (χ3v) is 5.27. The molecule has 5 nitrogen and oxygen atoms in total. The Bertz CT molecular complexity index is 1410. The summed E-state index contributed by atoms with van der Waals surface area (Å²) >= 11 is 0. The molecular formula is C25H18N2O3. The Morgan fingerprint density at radius 1 is 0.833 bits per heavy atom. The summed E-state index contributed by atoms with van der Waals surface area (Å²) in [6, 6.07) is 24.3. The highest BCUT2D eigenvalue weighted by Crippen LogP contribution is 2.20. The van der Waals surface area contributed by atoms with Crippen LogP contribution in [0.4, 0.5) is 0 Å². The fourth-order valence-corrected chi connectivity index (χ4v) is 3.86. The van der Waals surface area contributed by atoms with Crippen molar-refractivity contribution >= 4 is 38.7 Å². The number of carbonyl (C=O) groups excluding carboxylic acids is 1. The van der Waals surface area contributed by atoms with Crippen molar-refractivity contribution in [1.82, 2.24) is 9.55 Å². The number of ether oxygens (including phenoxy) is 1. The molecule has 146 valence electrons. The van der Waals surface area contributed by atoms with E-state index in [-0.39, 0.29) is 24.5 Å². The van der Waals surface area contributed by atoms with Crippen LogP contribution in [0.15, 0.2) is 89.9 Å². The Labute approximate surface area is 172 Å². The van der Waals surface area contributed by atoms with E-state index >= 15 is 0 Å². The van der Waals surface area contributed by atoms with E-state index in [0.717, 1.165) is 16.5 Å². The molecule has 0 N–H and O–H groups in total. The van der Waals surface area contributed by atoms with Gasteiger partial charge in [0.25, 0.3) is 0 Å². The molecule has 0 aliphatic carbocycles. The number of esters is 1. The molecule has 0 aliphatic heterocycles. The lowest BCUT2D eigenvalue weighted by atomic mass is 10.1. The summed E-state index contributed by atoms with van der Waals surface area (Å²) in [5.74, 6) is -0.373. The van der Waals surface area contributed by atoms with Gasteiger partial charge in [0.2, 0.25) is 0 Å². The van der Waals surface area contributed by atoms with Gasteiger partial charge >= 0.3 is 5.97 Å². The molecule has 5 heteroatoms. The highest BCUT2D eigenvalue weighted by Gasteiger charge is 2.14. The second-order valence-corrected chi connectivity index (χ2v) is 7.10. The van der Waals surface area contributed by atoms with Gasteiger partial charge < -0.3 is 9.30 Å². The van der Waals surface area contributed by atoms with Gasteiger partial charge in [-0.2, -0.15) is 0 Å². The number of hydrogen-bond acceptors (Lipinski definition) is 4. The average Bonchev–Trinajstić information content (AvgIpc) is 2.80. The number of pyridine rings is 2. The first-order chi connectivity index (χ1) is 14.7. The molecule has 5 rings (SSSR count). The molecule has 5 aromatic rings. The fourth-order valence-electron chi connectivity index (χ4n) is 3.86. The monoisotopic (exact) mass is 394 g/mol. The van der Waals surface area contributed by atoms with Crippen LogP contribution in [0.25, 0.3) is 32.7 Å². The zero-order valence-electron chi connectivity index (χ0n) is 16.1. The van der Waals surface area contributed by atoms with Crippen molar-refractivity contribution in [3.8, 4) is 0 Å². The minimum absolute atomic E-state index is 0.0134. The van der Waals surface area contributed by atoms with E-state index in [1.54, 1.807) is 18.3 Å². The van der Waals surface area contributed by atoms with E-state index in [0.29, 0.717) is 21.8 Å². The minimum Gasteiger partial charge on any atom is -0.459 e. The van der Waals surface area contributed by atoms with Gasteiger partial charge in [-0.15, -0.1) is 0 Å². The highest BCUT2D eigenvalue weighted by atomic mass is 16.5. The molecule has 0 amide bonds. The van der Waals surface area contributed by atoms with E-state index in [1.165, 1.54) is 0 Å². The first kappa shape index (κ1) is 18.1. The van der Waals surface area contributed by atoms with Crippen molar-refractivity contribution in [2.24, 2.45) is 0 Å². The summed E-state index contributed by atoms with van der Waals surface area (Å²) in [5.41, 5.74) is 3.07. The van der Waals surface area contributed by atoms with E-state index in [4.69, 9.17) is 4.74 Å². The second kappa shape index (κ2) is 7.44. The number of fused-ring (bicyclic) bond motifs is 3. The number of nitrogens with zero attached hydrogens (tertiary/aromatic N) is 2. The predicted molar refractivity (Wildman–Crippen MR) is 117 cm³/mol. The van der Waals surface area contributed by atoms with Crippen LogP contribution in [-0.4, -0.2) is 15.5 Å². The Morgan fingerprint density at radius 2 is 1.50 bits per heavy atom. The van der Waals surface area contributed by atoms with Crippen molar-refractivity contribution in [2.45, 2.75) is 13.2 Å². The zero-order chi connectivity index (χ0) is 20.5. The van der Waals surface area contributed by atoms with E-state index in [1.807, 2.05) is 71.3 Å². The van der Waals surface area contributed by atoms with Crippen molar-refractivity contribution in [1.29, 1.82) is 0 Å². The molecule has 0 unspecified atom stereocenters. The molecule has 0 fully saturated rings. The van der Waals surface area contributed by atoms with Gasteiger partial charge in [0.05, 0.1) is 16.6 Å². The Hall–Kier alpha value is -3.99. The average molecular weight is 394 g/mol. The summed E-state index contributed by atoms with van der Waals surface area (Å²) in [6.45, 7) is 0.156. The molecule has 0 saturated carbocycles. The first-order valence-corrected chi connectivity index (χ1v) is 9.71. The Kier molecular flexibility index (Phi) is 4.48. The van der Waals surface area contributed by atoms with Crippen LogP contribution in [-0.2, 0) is 22.7 Å². The topological polar surface area (TPSA) is 61.2 Å². The van der Waals surface area contributed by atoms with E-state index in [2.05, 4.69) is 4.98 Å². The van der Waals surface area contributed by atoms with E-state index < -0.39 is 0 Å². The van der Waals surface area contributed by atoms with Gasteiger partial charge in [-0.3, -0.25) is 14.6 Å². The van der Waals surface area contributed by atoms with Crippen molar-refractivity contribution < 1.29 is 9.53 Å². The molecule has 30 heavy (non-hydrogen) atoms. The summed E-state index contributed by atoms with van der Waals surface area (Å²) in [4.78, 5) is 30.0. The van der Waals surface area contributed by atoms with Gasteiger partial charge in [0, 0.05) is 27.9 Å². The second-order valence-electron chi connectivity index (χ2n) is 7.10. The van der Waals surface area contributed by atoms with Gasteiger partial charge in [0.1, 0.15) is 13.2 Å². The maximum atomic E-state index is 12.8. The van der Waals surface area contributed by atoms with E-state index in [9.17, 15) is 9.59 Å². The van der Waals surface area contributed by atoms with Gasteiger partial charge in [0.15, 0.2) is 5.43 Å². The molecule has 0 aliphatic rings. The number of aromatic nitrogens is 2. The number of benzene rings is 3. The lowest BCUT2D eigenvalue weighted by molar-refractivity contribution is -0.145.